The molecule has 8 heteroatoms. The van der Waals surface area contributed by atoms with E-state index in [1.54, 1.807) is 11.9 Å². The van der Waals surface area contributed by atoms with Crippen LogP contribution in [0.2, 0.25) is 5.02 Å². The normalized spacial score (nSPS) is 31.3. The lowest BCUT2D eigenvalue weighted by Crippen LogP contribution is -2.66. The van der Waals surface area contributed by atoms with E-state index >= 15 is 0 Å². The average molecular weight is 392 g/mol. The predicted octanol–water partition coefficient (Wildman–Crippen LogP) is 1.98. The van der Waals surface area contributed by atoms with Crippen LogP contribution in [0.1, 0.15) is 20.3 Å². The Kier molecular flexibility index (Phi) is 4.78. The molecule has 4 unspecified atom stereocenters. The maximum Gasteiger partial charge on any atom is 0.327 e. The Labute approximate surface area is 164 Å². The molecule has 1 aromatic rings. The Hall–Kier alpha value is -1.83. The maximum atomic E-state index is 13.2. The number of nitrogens with zero attached hydrogens (tertiary/aromatic N) is 4. The highest BCUT2D eigenvalue weighted by molar-refractivity contribution is 6.30. The molecule has 0 radical (unpaired) electrons. The van der Waals surface area contributed by atoms with Crippen molar-refractivity contribution in [3.63, 3.8) is 0 Å². The van der Waals surface area contributed by atoms with Crippen LogP contribution in [0.25, 0.3) is 0 Å². The van der Waals surface area contributed by atoms with Gasteiger partial charge in [-0.2, -0.15) is 0 Å². The third-order valence-electron chi connectivity index (χ3n) is 5.67. The van der Waals surface area contributed by atoms with Crippen molar-refractivity contribution < 1.29 is 9.59 Å². The van der Waals surface area contributed by atoms with Crippen molar-refractivity contribution in [1.82, 2.24) is 20.0 Å². The van der Waals surface area contributed by atoms with Crippen molar-refractivity contribution in [2.45, 2.75) is 38.8 Å². The zero-order chi connectivity index (χ0) is 19.3. The minimum Gasteiger partial charge on any atom is -0.343 e. The van der Waals surface area contributed by atoms with E-state index in [-0.39, 0.29) is 30.4 Å². The molecule has 0 aliphatic carbocycles. The molecular weight excluding hydrogens is 366 g/mol. The lowest BCUT2D eigenvalue weighted by Gasteiger charge is -2.46. The van der Waals surface area contributed by atoms with Gasteiger partial charge in [-0.3, -0.25) is 19.9 Å². The molecule has 7 nitrogen and oxygen atoms in total. The van der Waals surface area contributed by atoms with E-state index in [2.05, 4.69) is 22.0 Å². The molecule has 3 amide bonds. The number of hydrogen-bond donors (Lipinski definition) is 1. The van der Waals surface area contributed by atoms with Crippen molar-refractivity contribution in [3.8, 4) is 0 Å². The number of benzene rings is 1. The lowest BCUT2D eigenvalue weighted by molar-refractivity contribution is -0.138. The Morgan fingerprint density at radius 1 is 1.26 bits per heavy atom. The molecule has 1 N–H and O–H groups in total. The molecule has 146 valence electrons. The fourth-order valence-corrected chi connectivity index (χ4v) is 4.69. The third-order valence-corrected chi connectivity index (χ3v) is 5.91. The van der Waals surface area contributed by atoms with Gasteiger partial charge in [-0.05, 0) is 30.5 Å². The van der Waals surface area contributed by atoms with Gasteiger partial charge in [0.2, 0.25) is 0 Å². The molecule has 4 atom stereocenters. The summed E-state index contributed by atoms with van der Waals surface area (Å²) in [4.78, 5) is 33.4. The largest absolute Gasteiger partial charge is 0.343 e. The monoisotopic (exact) mass is 391 g/mol. The first-order chi connectivity index (χ1) is 12.9. The van der Waals surface area contributed by atoms with Crippen molar-refractivity contribution in [3.05, 3.63) is 29.3 Å². The quantitative estimate of drug-likeness (QED) is 0.853. The molecule has 27 heavy (non-hydrogen) atoms. The van der Waals surface area contributed by atoms with E-state index in [0.717, 1.165) is 25.2 Å². The van der Waals surface area contributed by atoms with Crippen LogP contribution >= 0.6 is 11.6 Å². The minimum atomic E-state index is -0.367. The van der Waals surface area contributed by atoms with Gasteiger partial charge in [0.25, 0.3) is 5.91 Å². The number of nitrogens with one attached hydrogen (secondary N) is 1. The van der Waals surface area contributed by atoms with Crippen LogP contribution in [-0.2, 0) is 4.79 Å². The van der Waals surface area contributed by atoms with E-state index in [0.29, 0.717) is 17.5 Å². The molecule has 3 fully saturated rings. The van der Waals surface area contributed by atoms with Crippen LogP contribution < -0.4 is 10.2 Å². The Morgan fingerprint density at radius 3 is 2.74 bits per heavy atom. The van der Waals surface area contributed by atoms with Crippen LogP contribution in [0, 0.1) is 5.92 Å². The Balaban J connectivity index is 1.69. The van der Waals surface area contributed by atoms with Crippen LogP contribution in [0.4, 0.5) is 10.5 Å². The maximum absolute atomic E-state index is 13.2. The highest BCUT2D eigenvalue weighted by Crippen LogP contribution is 2.35. The van der Waals surface area contributed by atoms with Crippen LogP contribution in [0.5, 0.6) is 0 Å². The highest BCUT2D eigenvalue weighted by Gasteiger charge is 2.56. The van der Waals surface area contributed by atoms with Gasteiger partial charge >= 0.3 is 6.03 Å². The van der Waals surface area contributed by atoms with Crippen LogP contribution in [-0.4, -0.2) is 71.8 Å². The van der Waals surface area contributed by atoms with Gasteiger partial charge in [0.15, 0.2) is 0 Å². The second-order valence-corrected chi connectivity index (χ2v) is 8.18. The number of anilines is 1. The van der Waals surface area contributed by atoms with E-state index < -0.39 is 0 Å². The molecule has 3 heterocycles. The zero-order valence-electron chi connectivity index (χ0n) is 15.9. The number of rotatable bonds is 3. The van der Waals surface area contributed by atoms with E-state index in [9.17, 15) is 9.59 Å². The summed E-state index contributed by atoms with van der Waals surface area (Å²) in [6.45, 7) is 6.29. The number of likely N-dealkylation sites (N-methyl/N-ethyl adjacent to an activating group) is 1. The van der Waals surface area contributed by atoms with E-state index in [4.69, 9.17) is 11.6 Å². The van der Waals surface area contributed by atoms with Gasteiger partial charge in [0.05, 0.1) is 0 Å². The number of hydrogen-bond acceptors (Lipinski definition) is 5. The van der Waals surface area contributed by atoms with E-state index in [1.165, 1.54) is 4.90 Å². The molecule has 0 aromatic heterocycles. The van der Waals surface area contributed by atoms with Gasteiger partial charge in [-0.1, -0.05) is 31.5 Å². The fourth-order valence-electron chi connectivity index (χ4n) is 4.50. The number of urea groups is 1. The Morgan fingerprint density at radius 2 is 2.04 bits per heavy atom. The van der Waals surface area contributed by atoms with Gasteiger partial charge in [-0.15, -0.1) is 0 Å². The summed E-state index contributed by atoms with van der Waals surface area (Å²) in [6, 6.07) is 7.18. The summed E-state index contributed by atoms with van der Waals surface area (Å²) < 4.78 is 0. The number of fused-ring (bicyclic) bond motifs is 3. The van der Waals surface area contributed by atoms with Crippen LogP contribution in [0.3, 0.4) is 0 Å². The number of halogens is 1. The fraction of sp³-hybridized carbons (Fsp3) is 0.579. The first-order valence-electron chi connectivity index (χ1n) is 9.54. The summed E-state index contributed by atoms with van der Waals surface area (Å²) in [6.07, 6.45) is 0.287. The molecule has 1 aromatic carbocycles. The second-order valence-electron chi connectivity index (χ2n) is 7.75. The molecule has 3 aliphatic heterocycles. The molecule has 3 aliphatic rings. The Bertz CT molecular complexity index is 759. The van der Waals surface area contributed by atoms with Crippen molar-refractivity contribution in [2.24, 2.45) is 5.92 Å². The van der Waals surface area contributed by atoms with Crippen molar-refractivity contribution in [1.29, 1.82) is 0 Å². The summed E-state index contributed by atoms with van der Waals surface area (Å²) in [5, 5.41) is 4.21. The summed E-state index contributed by atoms with van der Waals surface area (Å²) >= 11 is 6.21. The van der Waals surface area contributed by atoms with Gasteiger partial charge in [0, 0.05) is 37.4 Å². The first-order valence-corrected chi connectivity index (χ1v) is 9.92. The SMILES string of the molecule is CCCN1C(=O)C2C(NC3N(c4cccc(Cl)c4)CC(C)CN23)N(C)C1=O. The number of carbonyl (C=O) groups excluding carboxylic acids is 2. The molecule has 4 rings (SSSR count). The van der Waals surface area contributed by atoms with Gasteiger partial charge in [-0.25, -0.2) is 4.79 Å². The molecular formula is C19H26ClN5O2. The second kappa shape index (κ2) is 6.96. The molecule has 0 spiro atoms. The number of imide groups is 1. The molecule has 0 bridgehead atoms. The van der Waals surface area contributed by atoms with Gasteiger partial charge < -0.3 is 9.80 Å². The van der Waals surface area contributed by atoms with E-state index in [1.807, 2.05) is 31.2 Å². The summed E-state index contributed by atoms with van der Waals surface area (Å²) in [5.74, 6) is 0.288. The number of carbonyl (C=O) groups is 2. The smallest absolute Gasteiger partial charge is 0.327 e. The summed E-state index contributed by atoms with van der Waals surface area (Å²) in [5.41, 5.74) is 1.02. The predicted molar refractivity (Wildman–Crippen MR) is 104 cm³/mol. The van der Waals surface area contributed by atoms with Crippen LogP contribution in [0.15, 0.2) is 24.3 Å². The highest BCUT2D eigenvalue weighted by atomic mass is 35.5. The zero-order valence-corrected chi connectivity index (χ0v) is 16.7. The van der Waals surface area contributed by atoms with Gasteiger partial charge in [0.1, 0.15) is 18.5 Å². The lowest BCUT2D eigenvalue weighted by atomic mass is 10.0. The standard InChI is InChI=1S/C19H26ClN5O2/c1-4-8-23-17(26)15-16(22(3)19(23)27)21-18-24(10-12(2)11-25(15)18)14-7-5-6-13(20)9-14/h5-7,9,12,15-16,18,21H,4,8,10-11H2,1-3H3. The molecule has 0 saturated carbocycles. The van der Waals surface area contributed by atoms with Crippen molar-refractivity contribution in [2.75, 3.05) is 31.6 Å². The average Bonchev–Trinajstić information content (AvgIpc) is 3.02. The number of amides is 3. The van der Waals surface area contributed by atoms with Crippen molar-refractivity contribution >= 4 is 29.2 Å². The topological polar surface area (TPSA) is 59.1 Å². The third kappa shape index (κ3) is 2.98. The summed E-state index contributed by atoms with van der Waals surface area (Å²) in [7, 11) is 1.77. The molecule has 3 saturated heterocycles. The minimum absolute atomic E-state index is 0.0971. The first kappa shape index (κ1) is 18.5.